The SMILES string of the molecule is CN(/N=C/c1ccc(-c2cn([C@H]3C[C@H](O)[C@@H](COP(=O)(O)O)O3)c(=O)nc2N)s1)c1ccc([N+](=O)[O-])c2nonc12. The highest BCUT2D eigenvalue weighted by molar-refractivity contribution is 7.46. The lowest BCUT2D eigenvalue weighted by molar-refractivity contribution is -0.383. The van der Waals surface area contributed by atoms with E-state index in [0.717, 1.165) is 4.57 Å². The molecule has 0 spiro atoms. The van der Waals surface area contributed by atoms with Crippen LogP contribution in [-0.2, 0) is 13.8 Å². The molecule has 1 aromatic carbocycles. The van der Waals surface area contributed by atoms with Gasteiger partial charge >= 0.3 is 19.2 Å². The number of nitro groups is 1. The Bertz CT molecular complexity index is 1750. The quantitative estimate of drug-likeness (QED) is 0.0901. The third kappa shape index (κ3) is 6.00. The van der Waals surface area contributed by atoms with Gasteiger partial charge in [-0.05, 0) is 28.5 Å². The average Bonchev–Trinajstić information content (AvgIpc) is 3.65. The number of nitro benzene ring substituents is 1. The number of non-ortho nitro benzene ring substituents is 1. The van der Waals surface area contributed by atoms with Crippen LogP contribution in [0.5, 0.6) is 0 Å². The first kappa shape index (κ1) is 28.4. The normalized spacial score (nSPS) is 19.4. The van der Waals surface area contributed by atoms with Crippen molar-refractivity contribution >= 4 is 53.6 Å². The van der Waals surface area contributed by atoms with Gasteiger partial charge in [0.05, 0.1) is 35.1 Å². The van der Waals surface area contributed by atoms with Crippen LogP contribution in [-0.4, -0.2) is 71.8 Å². The van der Waals surface area contributed by atoms with E-state index in [4.69, 9.17) is 20.3 Å². The molecule has 216 valence electrons. The molecule has 1 aliphatic rings. The van der Waals surface area contributed by atoms with Crippen molar-refractivity contribution < 1.29 is 38.3 Å². The number of aliphatic hydroxyl groups excluding tert-OH is 1. The zero-order valence-corrected chi connectivity index (χ0v) is 22.6. The number of benzene rings is 1. The maximum absolute atomic E-state index is 12.6. The van der Waals surface area contributed by atoms with Crippen LogP contribution in [0.3, 0.4) is 0 Å². The Morgan fingerprint density at radius 1 is 1.34 bits per heavy atom. The summed E-state index contributed by atoms with van der Waals surface area (Å²) in [7, 11) is -3.16. The number of nitrogen functional groups attached to an aromatic ring is 1. The summed E-state index contributed by atoms with van der Waals surface area (Å²) in [6.07, 6.45) is -0.284. The van der Waals surface area contributed by atoms with Crippen LogP contribution < -0.4 is 16.4 Å². The van der Waals surface area contributed by atoms with Gasteiger partial charge in [-0.25, -0.2) is 14.0 Å². The molecule has 1 fully saturated rings. The molecule has 1 aliphatic heterocycles. The highest BCUT2D eigenvalue weighted by Crippen LogP contribution is 2.39. The lowest BCUT2D eigenvalue weighted by atomic mass is 10.2. The molecule has 4 heterocycles. The molecule has 5 N–H and O–H groups in total. The van der Waals surface area contributed by atoms with Crippen LogP contribution in [0.2, 0.25) is 0 Å². The molecule has 3 aromatic heterocycles. The molecule has 41 heavy (non-hydrogen) atoms. The van der Waals surface area contributed by atoms with Gasteiger partial charge in [-0.15, -0.1) is 11.3 Å². The molecular weight excluding hydrogens is 587 g/mol. The standard InChI is InChI=1S/C21H21N8O10PS/c1-27(12-3-4-13(29(32)33)19-18(12)25-39-26-19)23-7-10-2-5-16(41-10)11-8-28(21(31)24-20(11)22)17-6-14(30)15(38-17)9-37-40(34,35)36/h2-5,7-8,14-15,17,30H,6,9H2,1H3,(H2,22,24,31)(H2,34,35,36)/b23-7+/t14-,15+,17+/m0/s1. The van der Waals surface area contributed by atoms with Crippen molar-refractivity contribution in [3.8, 4) is 10.4 Å². The van der Waals surface area contributed by atoms with E-state index in [-0.39, 0.29) is 29.0 Å². The minimum Gasteiger partial charge on any atom is -0.390 e. The van der Waals surface area contributed by atoms with Crippen LogP contribution in [0.25, 0.3) is 21.5 Å². The topological polar surface area (TPSA) is 255 Å². The minimum atomic E-state index is -4.78. The zero-order chi connectivity index (χ0) is 29.5. The number of aromatic nitrogens is 4. The molecule has 0 amide bonds. The van der Waals surface area contributed by atoms with Gasteiger partial charge in [0.25, 0.3) is 0 Å². The number of hydrogen-bond donors (Lipinski definition) is 4. The van der Waals surface area contributed by atoms with Gasteiger partial charge in [-0.3, -0.25) is 24.2 Å². The second-order valence-corrected chi connectivity index (χ2v) is 11.1. The lowest BCUT2D eigenvalue weighted by Gasteiger charge is -2.17. The summed E-state index contributed by atoms with van der Waals surface area (Å²) in [6, 6.07) is 6.24. The summed E-state index contributed by atoms with van der Waals surface area (Å²) in [5.41, 5.74) is 6.02. The maximum Gasteiger partial charge on any atom is 0.469 e. The molecule has 0 saturated carbocycles. The number of hydrazone groups is 1. The highest BCUT2D eigenvalue weighted by Gasteiger charge is 2.37. The van der Waals surface area contributed by atoms with Gasteiger partial charge in [0, 0.05) is 35.5 Å². The molecule has 18 nitrogen and oxygen atoms in total. The van der Waals surface area contributed by atoms with E-state index in [1.807, 2.05) is 0 Å². The van der Waals surface area contributed by atoms with Crippen molar-refractivity contribution in [3.63, 3.8) is 0 Å². The number of hydrogen-bond acceptors (Lipinski definition) is 15. The molecule has 20 heteroatoms. The highest BCUT2D eigenvalue weighted by atomic mass is 32.1. The minimum absolute atomic E-state index is 0.00883. The Balaban J connectivity index is 1.35. The van der Waals surface area contributed by atoms with E-state index in [1.54, 1.807) is 19.2 Å². The maximum atomic E-state index is 12.6. The number of thiophene rings is 1. The smallest absolute Gasteiger partial charge is 0.390 e. The number of fused-ring (bicyclic) bond motifs is 1. The van der Waals surface area contributed by atoms with Crippen molar-refractivity contribution in [2.24, 2.45) is 5.10 Å². The first-order valence-corrected chi connectivity index (χ1v) is 14.0. The fourth-order valence-electron chi connectivity index (χ4n) is 4.11. The van der Waals surface area contributed by atoms with Crippen molar-refractivity contribution in [1.82, 2.24) is 19.9 Å². The molecule has 0 bridgehead atoms. The molecule has 0 aliphatic carbocycles. The third-order valence-electron chi connectivity index (χ3n) is 6.07. The summed E-state index contributed by atoms with van der Waals surface area (Å²) in [6.45, 7) is -0.577. The molecule has 4 aromatic rings. The van der Waals surface area contributed by atoms with Crippen molar-refractivity contribution in [1.29, 1.82) is 0 Å². The van der Waals surface area contributed by atoms with E-state index in [0.29, 0.717) is 21.0 Å². The van der Waals surface area contributed by atoms with E-state index in [2.05, 4.69) is 29.6 Å². The molecular formula is C21H21N8O10PS. The van der Waals surface area contributed by atoms with Gasteiger partial charge in [0.1, 0.15) is 18.1 Å². The largest absolute Gasteiger partial charge is 0.469 e. The number of aliphatic hydroxyl groups is 1. The molecule has 0 radical (unpaired) electrons. The summed E-state index contributed by atoms with van der Waals surface area (Å²) in [5.74, 6) is -0.0413. The van der Waals surface area contributed by atoms with Crippen molar-refractivity contribution in [2.75, 3.05) is 24.4 Å². The van der Waals surface area contributed by atoms with E-state index in [1.165, 1.54) is 40.9 Å². The Labute approximate surface area is 232 Å². The number of phosphoric acid groups is 1. The number of nitrogens with zero attached hydrogens (tertiary/aromatic N) is 7. The van der Waals surface area contributed by atoms with Crippen LogP contribution in [0.4, 0.5) is 17.2 Å². The second kappa shape index (κ2) is 11.1. The number of phosphoric ester groups is 1. The number of anilines is 2. The van der Waals surface area contributed by atoms with Crippen LogP contribution in [0.15, 0.2) is 45.0 Å². The van der Waals surface area contributed by atoms with E-state index < -0.39 is 43.5 Å². The monoisotopic (exact) mass is 608 g/mol. The van der Waals surface area contributed by atoms with Gasteiger partial charge in [0.15, 0.2) is 5.52 Å². The Morgan fingerprint density at radius 3 is 2.83 bits per heavy atom. The Hall–Kier alpha value is -4.10. The van der Waals surface area contributed by atoms with Crippen LogP contribution in [0.1, 0.15) is 17.5 Å². The Kier molecular flexibility index (Phi) is 7.66. The summed E-state index contributed by atoms with van der Waals surface area (Å²) in [5, 5.41) is 34.6. The van der Waals surface area contributed by atoms with Gasteiger partial charge in [-0.2, -0.15) is 10.1 Å². The van der Waals surface area contributed by atoms with Crippen LogP contribution >= 0.6 is 19.2 Å². The zero-order valence-electron chi connectivity index (χ0n) is 20.9. The van der Waals surface area contributed by atoms with Crippen LogP contribution in [0, 0.1) is 10.1 Å². The molecule has 5 rings (SSSR count). The lowest BCUT2D eigenvalue weighted by Crippen LogP contribution is -2.29. The average molecular weight is 608 g/mol. The van der Waals surface area contributed by atoms with Gasteiger partial charge < -0.3 is 25.4 Å². The number of nitrogens with two attached hydrogens (primary N) is 1. The Morgan fingerprint density at radius 2 is 2.10 bits per heavy atom. The first-order valence-electron chi connectivity index (χ1n) is 11.6. The molecule has 0 unspecified atom stereocenters. The van der Waals surface area contributed by atoms with Crippen molar-refractivity contribution in [2.45, 2.75) is 24.9 Å². The van der Waals surface area contributed by atoms with Gasteiger partial charge in [-0.1, -0.05) is 0 Å². The fourth-order valence-corrected chi connectivity index (χ4v) is 5.34. The van der Waals surface area contributed by atoms with Crippen molar-refractivity contribution in [3.05, 3.63) is 55.9 Å². The van der Waals surface area contributed by atoms with E-state index >= 15 is 0 Å². The fraction of sp³-hybridized carbons (Fsp3) is 0.286. The molecule has 3 atom stereocenters. The molecule has 1 saturated heterocycles. The summed E-state index contributed by atoms with van der Waals surface area (Å²) in [4.78, 5) is 46.2. The third-order valence-corrected chi connectivity index (χ3v) is 7.61. The number of ether oxygens (including phenoxy) is 1. The first-order chi connectivity index (χ1) is 19.4. The van der Waals surface area contributed by atoms with E-state index in [9.17, 15) is 24.6 Å². The summed E-state index contributed by atoms with van der Waals surface area (Å²) < 4.78 is 26.8. The number of rotatable bonds is 9. The van der Waals surface area contributed by atoms with Gasteiger partial charge in [0.2, 0.25) is 5.52 Å². The summed E-state index contributed by atoms with van der Waals surface area (Å²) >= 11 is 1.27. The second-order valence-electron chi connectivity index (χ2n) is 8.74. The predicted molar refractivity (Wildman–Crippen MR) is 143 cm³/mol. The predicted octanol–water partition coefficient (Wildman–Crippen LogP) is 1.23.